The molecule has 0 spiro atoms. The van der Waals surface area contributed by atoms with Gasteiger partial charge in [-0.2, -0.15) is 0 Å². The minimum absolute atomic E-state index is 0.252. The average Bonchev–Trinajstić information content (AvgIpc) is 2.18. The first-order valence-electron chi connectivity index (χ1n) is 4.57. The lowest BCUT2D eigenvalue weighted by atomic mass is 10.1. The number of rotatable bonds is 4. The highest BCUT2D eigenvalue weighted by Crippen LogP contribution is 2.06. The molecule has 1 unspecified atom stereocenters. The van der Waals surface area contributed by atoms with E-state index in [4.69, 9.17) is 5.11 Å². The van der Waals surface area contributed by atoms with E-state index < -0.39 is 12.6 Å². The van der Waals surface area contributed by atoms with Crippen molar-refractivity contribution in [2.45, 2.75) is 25.3 Å². The lowest BCUT2D eigenvalue weighted by Crippen LogP contribution is -2.46. The molecule has 0 aliphatic carbocycles. The lowest BCUT2D eigenvalue weighted by Gasteiger charge is -2.21. The van der Waals surface area contributed by atoms with Gasteiger partial charge < -0.3 is 10.4 Å². The van der Waals surface area contributed by atoms with Crippen molar-refractivity contribution in [3.8, 4) is 0 Å². The summed E-state index contributed by atoms with van der Waals surface area (Å²) >= 11 is 0. The molecule has 1 rings (SSSR count). The van der Waals surface area contributed by atoms with Crippen LogP contribution in [0.5, 0.6) is 0 Å². The zero-order valence-electron chi connectivity index (χ0n) is 7.78. The molecule has 0 radical (unpaired) electrons. The van der Waals surface area contributed by atoms with Crippen molar-refractivity contribution < 1.29 is 19.5 Å². The fraction of sp³-hybridized carbons (Fsp3) is 0.750. The number of nitrogens with one attached hydrogen (secondary N) is 2. The van der Waals surface area contributed by atoms with Gasteiger partial charge in [0, 0.05) is 0 Å². The number of carbonyl (C=O) groups excluding carboxylic acids is 1. The second kappa shape index (κ2) is 5.56. The van der Waals surface area contributed by atoms with E-state index >= 15 is 0 Å². The first-order chi connectivity index (χ1) is 6.70. The maximum atomic E-state index is 11.3. The molecule has 14 heavy (non-hydrogen) atoms. The Kier molecular flexibility index (Phi) is 4.34. The molecule has 1 amide bonds. The van der Waals surface area contributed by atoms with Crippen molar-refractivity contribution in [3.05, 3.63) is 0 Å². The third-order valence-electron chi connectivity index (χ3n) is 2.00. The van der Waals surface area contributed by atoms with Crippen LogP contribution in [0, 0.1) is 0 Å². The highest BCUT2D eigenvalue weighted by Gasteiger charge is 2.20. The minimum atomic E-state index is -1.11. The number of aliphatic carboxylic acids is 1. The first-order valence-corrected chi connectivity index (χ1v) is 4.57. The van der Waals surface area contributed by atoms with Gasteiger partial charge in [-0.3, -0.25) is 9.63 Å². The smallest absolute Gasteiger partial charge is 0.332 e. The Morgan fingerprint density at radius 1 is 1.50 bits per heavy atom. The highest BCUT2D eigenvalue weighted by molar-refractivity contribution is 5.81. The van der Waals surface area contributed by atoms with Gasteiger partial charge in [-0.15, -0.1) is 0 Å². The number of amides is 1. The average molecular weight is 202 g/mol. The van der Waals surface area contributed by atoms with Gasteiger partial charge in [0.15, 0.2) is 6.61 Å². The molecular weight excluding hydrogens is 188 g/mol. The van der Waals surface area contributed by atoms with E-state index in [1.165, 1.54) is 0 Å². The molecule has 1 saturated heterocycles. The van der Waals surface area contributed by atoms with Crippen LogP contribution in [-0.4, -0.2) is 36.2 Å². The fourth-order valence-corrected chi connectivity index (χ4v) is 1.32. The van der Waals surface area contributed by atoms with Crippen molar-refractivity contribution in [2.24, 2.45) is 0 Å². The number of hydroxylamine groups is 1. The van der Waals surface area contributed by atoms with Crippen LogP contribution in [0.4, 0.5) is 0 Å². The van der Waals surface area contributed by atoms with Crippen molar-refractivity contribution >= 4 is 11.9 Å². The van der Waals surface area contributed by atoms with E-state index in [-0.39, 0.29) is 11.9 Å². The third-order valence-corrected chi connectivity index (χ3v) is 2.00. The Bertz CT molecular complexity index is 213. The van der Waals surface area contributed by atoms with E-state index in [1.807, 2.05) is 0 Å². The van der Waals surface area contributed by atoms with E-state index in [9.17, 15) is 9.59 Å². The summed E-state index contributed by atoms with van der Waals surface area (Å²) in [5.41, 5.74) is 2.10. The number of hydrogen-bond donors (Lipinski definition) is 3. The largest absolute Gasteiger partial charge is 0.479 e. The number of carboxylic acids is 1. The molecule has 0 saturated carbocycles. The van der Waals surface area contributed by atoms with E-state index in [0.717, 1.165) is 25.8 Å². The fourth-order valence-electron chi connectivity index (χ4n) is 1.32. The normalized spacial score (nSPS) is 21.6. The number of hydrogen-bond acceptors (Lipinski definition) is 4. The maximum absolute atomic E-state index is 11.3. The summed E-state index contributed by atoms with van der Waals surface area (Å²) < 4.78 is 0. The van der Waals surface area contributed by atoms with Gasteiger partial charge >= 0.3 is 5.97 Å². The molecule has 1 atom stereocenters. The molecule has 0 bridgehead atoms. The molecule has 1 aliphatic rings. The van der Waals surface area contributed by atoms with Crippen LogP contribution in [0.3, 0.4) is 0 Å². The molecule has 1 fully saturated rings. The van der Waals surface area contributed by atoms with Crippen molar-refractivity contribution in [3.63, 3.8) is 0 Å². The summed E-state index contributed by atoms with van der Waals surface area (Å²) in [4.78, 5) is 25.8. The molecule has 1 aliphatic heterocycles. The zero-order chi connectivity index (χ0) is 10.4. The van der Waals surface area contributed by atoms with Crippen LogP contribution in [0.2, 0.25) is 0 Å². The second-order valence-corrected chi connectivity index (χ2v) is 3.15. The lowest BCUT2D eigenvalue weighted by molar-refractivity contribution is -0.150. The summed E-state index contributed by atoms with van der Waals surface area (Å²) in [5.74, 6) is -1.41. The molecule has 80 valence electrons. The van der Waals surface area contributed by atoms with Crippen LogP contribution in [-0.2, 0) is 14.4 Å². The van der Waals surface area contributed by atoms with E-state index in [0.29, 0.717) is 0 Å². The van der Waals surface area contributed by atoms with Crippen LogP contribution in [0.25, 0.3) is 0 Å². The van der Waals surface area contributed by atoms with Gasteiger partial charge in [0.05, 0.1) is 6.04 Å². The molecule has 0 aromatic carbocycles. The molecule has 0 aromatic heterocycles. The Morgan fingerprint density at radius 2 is 2.29 bits per heavy atom. The van der Waals surface area contributed by atoms with Crippen molar-refractivity contribution in [1.82, 2.24) is 10.8 Å². The Labute approximate surface area is 81.6 Å². The second-order valence-electron chi connectivity index (χ2n) is 3.15. The molecule has 6 nitrogen and oxygen atoms in total. The Morgan fingerprint density at radius 3 is 2.86 bits per heavy atom. The summed E-state index contributed by atoms with van der Waals surface area (Å²) in [6.45, 7) is 0.301. The Hall–Kier alpha value is -1.14. The summed E-state index contributed by atoms with van der Waals surface area (Å²) in [7, 11) is 0. The molecule has 6 heteroatoms. The van der Waals surface area contributed by atoms with E-state index in [1.54, 1.807) is 0 Å². The monoisotopic (exact) mass is 202 g/mol. The molecule has 0 aromatic rings. The van der Waals surface area contributed by atoms with E-state index in [2.05, 4.69) is 15.6 Å². The van der Waals surface area contributed by atoms with Crippen LogP contribution < -0.4 is 10.8 Å². The molecule has 3 N–H and O–H groups in total. The van der Waals surface area contributed by atoms with Crippen LogP contribution in [0.1, 0.15) is 19.3 Å². The van der Waals surface area contributed by atoms with Crippen molar-refractivity contribution in [2.75, 3.05) is 13.2 Å². The summed E-state index contributed by atoms with van der Waals surface area (Å²) in [6.07, 6.45) is 2.84. The number of carboxylic acid groups (broad SMARTS) is 1. The predicted octanol–water partition coefficient (Wildman–Crippen LogP) is -0.739. The highest BCUT2D eigenvalue weighted by atomic mass is 16.7. The van der Waals surface area contributed by atoms with Gasteiger partial charge in [-0.05, 0) is 19.4 Å². The molecule has 1 heterocycles. The minimum Gasteiger partial charge on any atom is -0.479 e. The van der Waals surface area contributed by atoms with Gasteiger partial charge in [-0.25, -0.2) is 10.3 Å². The van der Waals surface area contributed by atoms with Crippen molar-refractivity contribution in [1.29, 1.82) is 0 Å². The third kappa shape index (κ3) is 3.71. The first kappa shape index (κ1) is 10.9. The van der Waals surface area contributed by atoms with Gasteiger partial charge in [0.2, 0.25) is 0 Å². The van der Waals surface area contributed by atoms with Gasteiger partial charge in [0.1, 0.15) is 0 Å². The van der Waals surface area contributed by atoms with Gasteiger partial charge in [0.25, 0.3) is 5.91 Å². The van der Waals surface area contributed by atoms with Gasteiger partial charge in [-0.1, -0.05) is 6.42 Å². The quantitative estimate of drug-likeness (QED) is 0.523. The van der Waals surface area contributed by atoms with Crippen LogP contribution in [0.15, 0.2) is 0 Å². The topological polar surface area (TPSA) is 87.7 Å². The number of carbonyl (C=O) groups is 2. The Balaban J connectivity index is 2.16. The number of piperidine rings is 1. The SMILES string of the molecule is O=C(O)CONC(=O)C1CCCCN1. The maximum Gasteiger partial charge on any atom is 0.332 e. The van der Waals surface area contributed by atoms with Crippen LogP contribution >= 0.6 is 0 Å². The molecular formula is C8H14N2O4. The summed E-state index contributed by atoms with van der Waals surface area (Å²) in [5, 5.41) is 11.3. The summed E-state index contributed by atoms with van der Waals surface area (Å²) in [6, 6.07) is -0.252. The zero-order valence-corrected chi connectivity index (χ0v) is 7.78. The predicted molar refractivity (Wildman–Crippen MR) is 47.4 cm³/mol. The standard InChI is InChI=1S/C8H14N2O4/c11-7(12)5-14-10-8(13)6-3-1-2-4-9-6/h6,9H,1-5H2,(H,10,13)(H,11,12).